The number of halogens is 3. The zero-order valence-electron chi connectivity index (χ0n) is 13.0. The Balaban J connectivity index is 1.61. The molecule has 1 atom stereocenters. The second-order valence-corrected chi connectivity index (χ2v) is 6.55. The zero-order valence-corrected chi connectivity index (χ0v) is 13.0. The van der Waals surface area contributed by atoms with E-state index in [0.29, 0.717) is 18.7 Å². The number of ether oxygens (including phenoxy) is 1. The Bertz CT molecular complexity index is 539. The maximum absolute atomic E-state index is 12.8. The molecule has 128 valence electrons. The molecular weight excluding hydrogens is 307 g/mol. The number of likely N-dealkylation sites (tertiary alicyclic amines) is 1. The highest BCUT2D eigenvalue weighted by Gasteiger charge is 2.43. The molecule has 3 nitrogen and oxygen atoms in total. The summed E-state index contributed by atoms with van der Waals surface area (Å²) in [5.74, 6) is 0. The van der Waals surface area contributed by atoms with Gasteiger partial charge in [-0.2, -0.15) is 13.2 Å². The first-order valence-corrected chi connectivity index (χ1v) is 8.10. The van der Waals surface area contributed by atoms with Gasteiger partial charge in [-0.25, -0.2) is 0 Å². The Morgan fingerprint density at radius 2 is 2.00 bits per heavy atom. The smallest absolute Gasteiger partial charge is 0.390 e. The monoisotopic (exact) mass is 329 g/mol. The molecule has 2 heterocycles. The number of rotatable bonds is 2. The summed E-state index contributed by atoms with van der Waals surface area (Å²) in [6.45, 7) is 2.64. The minimum absolute atomic E-state index is 0.424. The van der Waals surface area contributed by atoms with E-state index in [2.05, 4.69) is 4.90 Å². The molecule has 0 radical (unpaired) electrons. The van der Waals surface area contributed by atoms with E-state index in [1.54, 1.807) is 6.07 Å². The summed E-state index contributed by atoms with van der Waals surface area (Å²) in [5, 5.41) is 10.2. The van der Waals surface area contributed by atoms with Gasteiger partial charge in [0.25, 0.3) is 0 Å². The van der Waals surface area contributed by atoms with Gasteiger partial charge in [-0.1, -0.05) is 18.2 Å². The Labute approximate surface area is 134 Å². The minimum atomic E-state index is -4.30. The Hall–Kier alpha value is -1.11. The molecular formula is C17H22F3NO2. The van der Waals surface area contributed by atoms with Crippen molar-refractivity contribution in [1.29, 1.82) is 0 Å². The average molecular weight is 329 g/mol. The minimum Gasteiger partial charge on any atom is -0.390 e. The van der Waals surface area contributed by atoms with Crippen molar-refractivity contribution in [3.05, 3.63) is 35.4 Å². The summed E-state index contributed by atoms with van der Waals surface area (Å²) in [4.78, 5) is 2.13. The Kier molecular flexibility index (Phi) is 4.67. The lowest BCUT2D eigenvalue weighted by Gasteiger charge is -2.46. The molecule has 1 unspecified atom stereocenters. The van der Waals surface area contributed by atoms with Crippen LogP contribution < -0.4 is 0 Å². The van der Waals surface area contributed by atoms with E-state index in [0.717, 1.165) is 44.8 Å². The van der Waals surface area contributed by atoms with Crippen LogP contribution >= 0.6 is 0 Å². The summed E-state index contributed by atoms with van der Waals surface area (Å²) < 4.78 is 44.2. The van der Waals surface area contributed by atoms with Crippen LogP contribution in [0.25, 0.3) is 0 Å². The number of aliphatic hydroxyl groups is 1. The number of hydrogen-bond donors (Lipinski definition) is 1. The third-order valence-electron chi connectivity index (χ3n) is 4.98. The molecule has 1 spiro atoms. The number of alkyl halides is 3. The van der Waals surface area contributed by atoms with Crippen molar-refractivity contribution in [2.75, 3.05) is 19.7 Å². The fourth-order valence-electron chi connectivity index (χ4n) is 3.58. The van der Waals surface area contributed by atoms with Crippen molar-refractivity contribution >= 4 is 0 Å². The molecule has 2 fully saturated rings. The summed E-state index contributed by atoms with van der Waals surface area (Å²) in [6, 6.07) is 5.50. The second-order valence-electron chi connectivity index (χ2n) is 6.55. The number of aliphatic hydroxyl groups excluding tert-OH is 1. The summed E-state index contributed by atoms with van der Waals surface area (Å²) in [5.41, 5.74) is -0.377. The van der Waals surface area contributed by atoms with Crippen LogP contribution in [0.15, 0.2) is 24.3 Å². The molecule has 1 aromatic rings. The van der Waals surface area contributed by atoms with E-state index in [4.69, 9.17) is 4.74 Å². The third-order valence-corrected chi connectivity index (χ3v) is 4.98. The van der Waals surface area contributed by atoms with Crippen LogP contribution in [0.1, 0.15) is 36.8 Å². The van der Waals surface area contributed by atoms with Gasteiger partial charge in [0.1, 0.15) is 0 Å². The van der Waals surface area contributed by atoms with Crippen molar-refractivity contribution in [3.8, 4) is 0 Å². The van der Waals surface area contributed by atoms with E-state index in [9.17, 15) is 18.3 Å². The van der Waals surface area contributed by atoms with Gasteiger partial charge in [-0.15, -0.1) is 0 Å². The largest absolute Gasteiger partial charge is 0.416 e. The molecule has 23 heavy (non-hydrogen) atoms. The molecule has 1 aromatic carbocycles. The molecule has 0 amide bonds. The lowest BCUT2D eigenvalue weighted by molar-refractivity contribution is -0.177. The highest BCUT2D eigenvalue weighted by Crippen LogP contribution is 2.36. The molecule has 2 aliphatic rings. The number of piperidine rings is 1. The molecule has 2 aliphatic heterocycles. The van der Waals surface area contributed by atoms with Gasteiger partial charge in [-0.05, 0) is 37.3 Å². The van der Waals surface area contributed by atoms with Crippen LogP contribution in [0.4, 0.5) is 13.2 Å². The SMILES string of the molecule is OC1CCCOC12CCN(Cc1cccc(C(F)(F)F)c1)CC2. The molecule has 0 aliphatic carbocycles. The maximum Gasteiger partial charge on any atom is 0.416 e. The number of benzene rings is 1. The van der Waals surface area contributed by atoms with E-state index in [-0.39, 0.29) is 0 Å². The Morgan fingerprint density at radius 3 is 2.65 bits per heavy atom. The highest BCUT2D eigenvalue weighted by atomic mass is 19.4. The Morgan fingerprint density at radius 1 is 1.26 bits per heavy atom. The number of hydrogen-bond acceptors (Lipinski definition) is 3. The third kappa shape index (κ3) is 3.70. The molecule has 1 N–H and O–H groups in total. The molecule has 6 heteroatoms. The van der Waals surface area contributed by atoms with Crippen molar-refractivity contribution in [2.45, 2.75) is 50.1 Å². The van der Waals surface area contributed by atoms with E-state index in [1.165, 1.54) is 12.1 Å². The van der Waals surface area contributed by atoms with Gasteiger partial charge in [0, 0.05) is 26.2 Å². The van der Waals surface area contributed by atoms with Crippen LogP contribution in [-0.4, -0.2) is 41.4 Å². The van der Waals surface area contributed by atoms with Gasteiger partial charge >= 0.3 is 6.18 Å². The number of nitrogens with zero attached hydrogens (tertiary/aromatic N) is 1. The summed E-state index contributed by atoms with van der Waals surface area (Å²) in [6.07, 6.45) is -1.61. The van der Waals surface area contributed by atoms with Crippen molar-refractivity contribution in [1.82, 2.24) is 4.90 Å². The van der Waals surface area contributed by atoms with Gasteiger partial charge < -0.3 is 9.84 Å². The average Bonchev–Trinajstić information content (AvgIpc) is 2.52. The quantitative estimate of drug-likeness (QED) is 0.904. The van der Waals surface area contributed by atoms with Crippen LogP contribution in [-0.2, 0) is 17.5 Å². The van der Waals surface area contributed by atoms with Crippen LogP contribution in [0.5, 0.6) is 0 Å². The standard InChI is InChI=1S/C17H22F3NO2/c18-17(19,20)14-4-1-3-13(11-14)12-21-8-6-16(7-9-21)15(22)5-2-10-23-16/h1,3-4,11,15,22H,2,5-10,12H2. The predicted octanol–water partition coefficient (Wildman–Crippen LogP) is 3.21. The molecule has 3 rings (SSSR count). The normalized spacial score (nSPS) is 25.7. The maximum atomic E-state index is 12.8. The topological polar surface area (TPSA) is 32.7 Å². The van der Waals surface area contributed by atoms with Crippen LogP contribution in [0.3, 0.4) is 0 Å². The van der Waals surface area contributed by atoms with Gasteiger partial charge in [0.15, 0.2) is 0 Å². The van der Waals surface area contributed by atoms with E-state index < -0.39 is 23.4 Å². The van der Waals surface area contributed by atoms with Gasteiger partial charge in [0.05, 0.1) is 17.3 Å². The first kappa shape index (κ1) is 16.7. The van der Waals surface area contributed by atoms with Gasteiger partial charge in [0.2, 0.25) is 0 Å². The fourth-order valence-corrected chi connectivity index (χ4v) is 3.58. The fraction of sp³-hybridized carbons (Fsp3) is 0.647. The highest BCUT2D eigenvalue weighted by molar-refractivity contribution is 5.25. The predicted molar refractivity (Wildman–Crippen MR) is 79.9 cm³/mol. The first-order valence-electron chi connectivity index (χ1n) is 8.10. The zero-order chi connectivity index (χ0) is 16.5. The molecule has 0 aromatic heterocycles. The second kappa shape index (κ2) is 6.42. The molecule has 2 saturated heterocycles. The summed E-state index contributed by atoms with van der Waals surface area (Å²) in [7, 11) is 0. The van der Waals surface area contributed by atoms with Gasteiger partial charge in [-0.3, -0.25) is 4.90 Å². The lowest BCUT2D eigenvalue weighted by Crippen LogP contribution is -2.55. The van der Waals surface area contributed by atoms with Crippen molar-refractivity contribution < 1.29 is 23.0 Å². The van der Waals surface area contributed by atoms with E-state index in [1.807, 2.05) is 0 Å². The molecule has 0 saturated carbocycles. The van der Waals surface area contributed by atoms with Crippen LogP contribution in [0.2, 0.25) is 0 Å². The summed E-state index contributed by atoms with van der Waals surface area (Å²) >= 11 is 0. The van der Waals surface area contributed by atoms with Crippen molar-refractivity contribution in [3.63, 3.8) is 0 Å². The van der Waals surface area contributed by atoms with Crippen molar-refractivity contribution in [2.24, 2.45) is 0 Å². The first-order chi connectivity index (χ1) is 10.9. The van der Waals surface area contributed by atoms with E-state index >= 15 is 0 Å². The lowest BCUT2D eigenvalue weighted by atomic mass is 9.82. The molecule has 0 bridgehead atoms. The van der Waals surface area contributed by atoms with Crippen LogP contribution in [0, 0.1) is 0 Å².